The molecule has 3 aromatic rings. The summed E-state index contributed by atoms with van der Waals surface area (Å²) in [7, 11) is 0. The van der Waals surface area contributed by atoms with E-state index in [1.54, 1.807) is 0 Å². The molecule has 9 heteroatoms. The lowest BCUT2D eigenvalue weighted by molar-refractivity contribution is 0.103. The summed E-state index contributed by atoms with van der Waals surface area (Å²) < 4.78 is 0.830. The van der Waals surface area contributed by atoms with Gasteiger partial charge in [0.25, 0.3) is 0 Å². The third-order valence-corrected chi connectivity index (χ3v) is 8.20. The first kappa shape index (κ1) is 19.0. The second-order valence-corrected chi connectivity index (χ2v) is 10.4. The van der Waals surface area contributed by atoms with Crippen LogP contribution in [0, 0.1) is 11.8 Å². The van der Waals surface area contributed by atoms with Gasteiger partial charge in [-0.3, -0.25) is 4.79 Å². The van der Waals surface area contributed by atoms with Crippen molar-refractivity contribution >= 4 is 56.1 Å². The normalized spacial score (nSPS) is 24.2. The SMILES string of the molecule is CC1CCC(C2=NN=NC2Sc2nc(C(=O)c3cccs3)c3sccc3n2)CC1. The van der Waals surface area contributed by atoms with Gasteiger partial charge in [-0.1, -0.05) is 37.6 Å². The maximum atomic E-state index is 13.0. The number of thiophene rings is 2. The molecule has 1 saturated carbocycles. The average molecular weight is 442 g/mol. The zero-order valence-corrected chi connectivity index (χ0v) is 18.3. The summed E-state index contributed by atoms with van der Waals surface area (Å²) in [5.74, 6) is 1.15. The highest BCUT2D eigenvalue weighted by atomic mass is 32.2. The van der Waals surface area contributed by atoms with Crippen molar-refractivity contribution < 1.29 is 4.79 Å². The number of fused-ring (bicyclic) bond motifs is 1. The first-order valence-electron chi connectivity index (χ1n) is 9.66. The Hall–Kier alpha value is -1.97. The Morgan fingerprint density at radius 1 is 1.10 bits per heavy atom. The van der Waals surface area contributed by atoms with E-state index in [0.29, 0.717) is 21.6 Å². The van der Waals surface area contributed by atoms with Crippen LogP contribution in [0.25, 0.3) is 10.2 Å². The van der Waals surface area contributed by atoms with Gasteiger partial charge >= 0.3 is 0 Å². The van der Waals surface area contributed by atoms with Crippen LogP contribution < -0.4 is 0 Å². The fraction of sp³-hybridized carbons (Fsp3) is 0.400. The molecule has 0 saturated heterocycles. The van der Waals surface area contributed by atoms with E-state index in [4.69, 9.17) is 0 Å². The summed E-state index contributed by atoms with van der Waals surface area (Å²) in [6, 6.07) is 5.65. The van der Waals surface area contributed by atoms with Gasteiger partial charge in [-0.15, -0.1) is 32.9 Å². The van der Waals surface area contributed by atoms with Gasteiger partial charge in [0.05, 0.1) is 20.8 Å². The number of nitrogens with zero attached hydrogens (tertiary/aromatic N) is 5. The van der Waals surface area contributed by atoms with Crippen molar-refractivity contribution in [3.63, 3.8) is 0 Å². The van der Waals surface area contributed by atoms with Gasteiger partial charge in [-0.2, -0.15) is 0 Å². The Balaban J connectivity index is 1.43. The van der Waals surface area contributed by atoms with Crippen molar-refractivity contribution in [1.29, 1.82) is 0 Å². The molecule has 0 bridgehead atoms. The first-order valence-corrected chi connectivity index (χ1v) is 12.3. The first-order chi connectivity index (χ1) is 14.2. The highest BCUT2D eigenvalue weighted by molar-refractivity contribution is 8.00. The quantitative estimate of drug-likeness (QED) is 0.356. The number of thioether (sulfide) groups is 1. The molecule has 0 radical (unpaired) electrons. The van der Waals surface area contributed by atoms with E-state index in [0.717, 1.165) is 34.7 Å². The van der Waals surface area contributed by atoms with Gasteiger partial charge < -0.3 is 0 Å². The fourth-order valence-electron chi connectivity index (χ4n) is 3.83. The number of carbonyl (C=O) groups is 1. The van der Waals surface area contributed by atoms with Gasteiger partial charge in [-0.05, 0) is 46.9 Å². The number of carbonyl (C=O) groups excluding carboxylic acids is 1. The monoisotopic (exact) mass is 441 g/mol. The van der Waals surface area contributed by atoms with Crippen molar-refractivity contribution in [1.82, 2.24) is 9.97 Å². The highest BCUT2D eigenvalue weighted by Crippen LogP contribution is 2.37. The van der Waals surface area contributed by atoms with Gasteiger partial charge in [0, 0.05) is 5.92 Å². The van der Waals surface area contributed by atoms with Crippen molar-refractivity contribution in [3.05, 3.63) is 39.5 Å². The third kappa shape index (κ3) is 3.78. The average Bonchev–Trinajstić information content (AvgIpc) is 3.49. The molecule has 148 valence electrons. The molecular formula is C20H19N5OS3. The second-order valence-electron chi connectivity index (χ2n) is 7.45. The molecule has 0 spiro atoms. The van der Waals surface area contributed by atoms with Gasteiger partial charge in [0.2, 0.25) is 5.78 Å². The van der Waals surface area contributed by atoms with Crippen LogP contribution in [0.5, 0.6) is 0 Å². The van der Waals surface area contributed by atoms with E-state index in [2.05, 4.69) is 32.3 Å². The highest BCUT2D eigenvalue weighted by Gasteiger charge is 2.32. The third-order valence-electron chi connectivity index (χ3n) is 5.46. The summed E-state index contributed by atoms with van der Waals surface area (Å²) in [6.07, 6.45) is 4.71. The summed E-state index contributed by atoms with van der Waals surface area (Å²) in [5.41, 5.74) is 2.30. The molecule has 29 heavy (non-hydrogen) atoms. The van der Waals surface area contributed by atoms with Crippen molar-refractivity contribution in [3.8, 4) is 0 Å². The second kappa shape index (κ2) is 8.04. The fourth-order valence-corrected chi connectivity index (χ4v) is 6.26. The minimum absolute atomic E-state index is 0.0556. The van der Waals surface area contributed by atoms with Crippen LogP contribution in [0.2, 0.25) is 0 Å². The lowest BCUT2D eigenvalue weighted by Crippen LogP contribution is -2.26. The van der Waals surface area contributed by atoms with E-state index in [9.17, 15) is 4.79 Å². The molecule has 2 aliphatic rings. The molecular weight excluding hydrogens is 422 g/mol. The Morgan fingerprint density at radius 3 is 2.76 bits per heavy atom. The Kier molecular flexibility index (Phi) is 5.28. The molecule has 1 aliphatic heterocycles. The van der Waals surface area contributed by atoms with Crippen molar-refractivity contribution in [2.24, 2.45) is 27.3 Å². The predicted molar refractivity (Wildman–Crippen MR) is 118 cm³/mol. The van der Waals surface area contributed by atoms with Gasteiger partial charge in [0.15, 0.2) is 10.5 Å². The lowest BCUT2D eigenvalue weighted by Gasteiger charge is -2.27. The molecule has 0 aromatic carbocycles. The zero-order valence-electron chi connectivity index (χ0n) is 15.8. The maximum absolute atomic E-state index is 13.0. The minimum atomic E-state index is -0.200. The molecule has 6 nitrogen and oxygen atoms in total. The smallest absolute Gasteiger partial charge is 0.222 e. The van der Waals surface area contributed by atoms with Crippen LogP contribution in [-0.4, -0.2) is 26.8 Å². The van der Waals surface area contributed by atoms with Gasteiger partial charge in [-0.25, -0.2) is 9.97 Å². The van der Waals surface area contributed by atoms with Crippen LogP contribution in [0.1, 0.15) is 48.0 Å². The van der Waals surface area contributed by atoms with Crippen LogP contribution in [0.15, 0.2) is 49.6 Å². The molecule has 0 N–H and O–H groups in total. The predicted octanol–water partition coefficient (Wildman–Crippen LogP) is 6.05. The number of aromatic nitrogens is 2. The van der Waals surface area contributed by atoms with Gasteiger partial charge in [0.1, 0.15) is 5.69 Å². The molecule has 3 aromatic heterocycles. The Morgan fingerprint density at radius 2 is 1.97 bits per heavy atom. The molecule has 4 heterocycles. The Bertz CT molecular complexity index is 1100. The largest absolute Gasteiger partial charge is 0.286 e. The van der Waals surface area contributed by atoms with E-state index in [1.807, 2.05) is 29.0 Å². The summed E-state index contributed by atoms with van der Waals surface area (Å²) in [4.78, 5) is 23.0. The van der Waals surface area contributed by atoms with E-state index in [-0.39, 0.29) is 11.2 Å². The van der Waals surface area contributed by atoms with Crippen LogP contribution in [0.4, 0.5) is 0 Å². The van der Waals surface area contributed by atoms with Crippen LogP contribution >= 0.6 is 34.4 Å². The molecule has 1 atom stereocenters. The van der Waals surface area contributed by atoms with E-state index >= 15 is 0 Å². The topological polar surface area (TPSA) is 79.9 Å². The zero-order chi connectivity index (χ0) is 19.8. The molecule has 0 amide bonds. The molecule has 5 rings (SSSR count). The van der Waals surface area contributed by atoms with Crippen molar-refractivity contribution in [2.75, 3.05) is 0 Å². The number of hydrogen-bond acceptors (Lipinski definition) is 9. The van der Waals surface area contributed by atoms with E-state index < -0.39 is 0 Å². The summed E-state index contributed by atoms with van der Waals surface area (Å²) in [6.45, 7) is 2.31. The molecule has 1 aliphatic carbocycles. The number of ketones is 1. The summed E-state index contributed by atoms with van der Waals surface area (Å²) in [5, 5.41) is 16.8. The molecule has 1 unspecified atom stereocenters. The Labute approximate surface area is 180 Å². The lowest BCUT2D eigenvalue weighted by atomic mass is 9.80. The van der Waals surface area contributed by atoms with Crippen LogP contribution in [0.3, 0.4) is 0 Å². The van der Waals surface area contributed by atoms with Crippen molar-refractivity contribution in [2.45, 2.75) is 43.1 Å². The molecule has 1 fully saturated rings. The summed E-state index contributed by atoms with van der Waals surface area (Å²) >= 11 is 4.37. The number of hydrogen-bond donors (Lipinski definition) is 0. The van der Waals surface area contributed by atoms with E-state index in [1.165, 1.54) is 47.3 Å². The standard InChI is InChI=1S/C20H19N5OS3/c1-11-4-6-12(7-5-11)15-19(24-25-23-15)29-20-21-13-8-10-28-18(13)16(22-20)17(26)14-3-2-9-27-14/h2-3,8-12,19H,4-7H2,1H3. The minimum Gasteiger partial charge on any atom is -0.286 e. The number of rotatable bonds is 5. The maximum Gasteiger partial charge on any atom is 0.222 e. The van der Waals surface area contributed by atoms with Crippen LogP contribution in [-0.2, 0) is 0 Å².